The number of nitrogens with one attached hydrogen (secondary N) is 1. The molecule has 0 aliphatic heterocycles. The van der Waals surface area contributed by atoms with E-state index < -0.39 is 12.0 Å². The second kappa shape index (κ2) is 8.49. The Morgan fingerprint density at radius 3 is 2.84 bits per heavy atom. The molecule has 0 spiro atoms. The minimum atomic E-state index is -0.541. The summed E-state index contributed by atoms with van der Waals surface area (Å²) in [7, 11) is 1.30. The average Bonchev–Trinajstić information content (AvgIpc) is 2.76. The van der Waals surface area contributed by atoms with Crippen LogP contribution in [-0.4, -0.2) is 34.8 Å². The molecule has 108 valence electrons. The van der Waals surface area contributed by atoms with Crippen molar-refractivity contribution in [1.29, 1.82) is 0 Å². The van der Waals surface area contributed by atoms with Gasteiger partial charge in [0.15, 0.2) is 5.82 Å². The summed E-state index contributed by atoms with van der Waals surface area (Å²) in [5.41, 5.74) is 5.66. The second-order valence-electron chi connectivity index (χ2n) is 3.86. The van der Waals surface area contributed by atoms with Crippen LogP contribution in [0.15, 0.2) is 12.3 Å². The highest BCUT2D eigenvalue weighted by atomic mass is 35.5. The summed E-state index contributed by atoms with van der Waals surface area (Å²) in [6.07, 6.45) is 3.04. The van der Waals surface area contributed by atoms with Gasteiger partial charge in [-0.3, -0.25) is 14.3 Å². The topological polar surface area (TPSA) is 99.2 Å². The number of anilines is 1. The number of carbonyl (C=O) groups excluding carboxylic acids is 2. The Morgan fingerprint density at radius 1 is 1.58 bits per heavy atom. The van der Waals surface area contributed by atoms with E-state index in [-0.39, 0.29) is 24.9 Å². The Bertz CT molecular complexity index is 422. The number of carbonyl (C=O) groups is 2. The lowest BCUT2D eigenvalue weighted by atomic mass is 10.2. The average molecular weight is 291 g/mol. The standard InChI is InChI=1S/C11H18N4O3.ClH/c1-3-4-8(12)11(17)13-9-5-6-15(14-9)7-10(16)18-2;/h5-6,8H,3-4,7,12H2,1-2H3,(H,13,14,17);1H. The molecule has 1 heterocycles. The normalized spacial score (nSPS) is 11.3. The van der Waals surface area contributed by atoms with E-state index in [9.17, 15) is 9.59 Å². The fraction of sp³-hybridized carbons (Fsp3) is 0.545. The second-order valence-corrected chi connectivity index (χ2v) is 3.86. The van der Waals surface area contributed by atoms with Gasteiger partial charge in [0.2, 0.25) is 5.91 Å². The number of aromatic nitrogens is 2. The van der Waals surface area contributed by atoms with Crippen LogP contribution in [0.3, 0.4) is 0 Å². The van der Waals surface area contributed by atoms with Crippen molar-refractivity contribution in [2.45, 2.75) is 32.4 Å². The summed E-state index contributed by atoms with van der Waals surface area (Å²) in [5.74, 6) is -0.311. The number of esters is 1. The zero-order chi connectivity index (χ0) is 13.5. The predicted octanol–water partition coefficient (Wildman–Crippen LogP) is 0.544. The fourth-order valence-corrected chi connectivity index (χ4v) is 1.37. The van der Waals surface area contributed by atoms with Gasteiger partial charge >= 0.3 is 5.97 Å². The van der Waals surface area contributed by atoms with Crippen molar-refractivity contribution in [3.05, 3.63) is 12.3 Å². The maximum absolute atomic E-state index is 11.6. The molecule has 0 radical (unpaired) electrons. The van der Waals surface area contributed by atoms with Gasteiger partial charge in [0.1, 0.15) is 6.54 Å². The number of methoxy groups -OCH3 is 1. The largest absolute Gasteiger partial charge is 0.468 e. The molecule has 7 nitrogen and oxygen atoms in total. The molecule has 1 aromatic rings. The first-order valence-electron chi connectivity index (χ1n) is 5.73. The molecule has 1 amide bonds. The van der Waals surface area contributed by atoms with Crippen molar-refractivity contribution in [3.8, 4) is 0 Å². The Balaban J connectivity index is 0.00000324. The van der Waals surface area contributed by atoms with Gasteiger partial charge in [0.25, 0.3) is 0 Å². The Labute approximate surface area is 117 Å². The maximum Gasteiger partial charge on any atom is 0.327 e. The molecule has 1 unspecified atom stereocenters. The van der Waals surface area contributed by atoms with Crippen molar-refractivity contribution < 1.29 is 14.3 Å². The zero-order valence-electron chi connectivity index (χ0n) is 11.0. The molecule has 19 heavy (non-hydrogen) atoms. The molecule has 1 rings (SSSR count). The van der Waals surface area contributed by atoms with Crippen LogP contribution < -0.4 is 11.1 Å². The number of nitrogens with two attached hydrogens (primary N) is 1. The molecule has 0 fully saturated rings. The van der Waals surface area contributed by atoms with E-state index in [4.69, 9.17) is 5.73 Å². The zero-order valence-corrected chi connectivity index (χ0v) is 11.8. The van der Waals surface area contributed by atoms with Gasteiger partial charge in [-0.2, -0.15) is 5.10 Å². The number of hydrogen-bond acceptors (Lipinski definition) is 5. The lowest BCUT2D eigenvalue weighted by Gasteiger charge is -2.08. The van der Waals surface area contributed by atoms with Gasteiger partial charge in [0, 0.05) is 12.3 Å². The summed E-state index contributed by atoms with van der Waals surface area (Å²) in [6.45, 7) is 1.96. The first-order chi connectivity index (χ1) is 8.56. The van der Waals surface area contributed by atoms with E-state index in [0.29, 0.717) is 12.2 Å². The monoisotopic (exact) mass is 290 g/mol. The third-order valence-corrected chi connectivity index (χ3v) is 2.35. The smallest absolute Gasteiger partial charge is 0.327 e. The quantitative estimate of drug-likeness (QED) is 0.745. The minimum Gasteiger partial charge on any atom is -0.468 e. The SMILES string of the molecule is CCCC(N)C(=O)Nc1ccn(CC(=O)OC)n1.Cl. The molecule has 0 saturated carbocycles. The molecule has 0 aromatic carbocycles. The van der Waals surface area contributed by atoms with Crippen molar-refractivity contribution >= 4 is 30.1 Å². The molecule has 0 aliphatic rings. The number of amides is 1. The lowest BCUT2D eigenvalue weighted by molar-refractivity contribution is -0.141. The molecule has 0 aliphatic carbocycles. The van der Waals surface area contributed by atoms with E-state index in [0.717, 1.165) is 6.42 Å². The Morgan fingerprint density at radius 2 is 2.26 bits per heavy atom. The van der Waals surface area contributed by atoms with Crippen LogP contribution in [0.25, 0.3) is 0 Å². The first kappa shape index (κ1) is 17.4. The van der Waals surface area contributed by atoms with E-state index in [2.05, 4.69) is 15.2 Å². The van der Waals surface area contributed by atoms with Crippen molar-refractivity contribution in [1.82, 2.24) is 9.78 Å². The van der Waals surface area contributed by atoms with Gasteiger partial charge in [-0.1, -0.05) is 13.3 Å². The number of halogens is 1. The molecular formula is C11H19ClN4O3. The van der Waals surface area contributed by atoms with E-state index >= 15 is 0 Å². The molecule has 0 saturated heterocycles. The van der Waals surface area contributed by atoms with Crippen LogP contribution in [-0.2, 0) is 20.9 Å². The van der Waals surface area contributed by atoms with Crippen molar-refractivity contribution in [3.63, 3.8) is 0 Å². The molecule has 1 atom stereocenters. The molecule has 1 aromatic heterocycles. The minimum absolute atomic E-state index is 0. The van der Waals surface area contributed by atoms with Crippen LogP contribution >= 0.6 is 12.4 Å². The highest BCUT2D eigenvalue weighted by Crippen LogP contribution is 2.04. The number of nitrogens with zero attached hydrogens (tertiary/aromatic N) is 2. The van der Waals surface area contributed by atoms with Gasteiger partial charge in [0.05, 0.1) is 13.2 Å². The summed E-state index contributed by atoms with van der Waals surface area (Å²) in [5, 5.41) is 6.60. The number of hydrogen-bond donors (Lipinski definition) is 2. The predicted molar refractivity (Wildman–Crippen MR) is 73.0 cm³/mol. The van der Waals surface area contributed by atoms with Gasteiger partial charge in [-0.25, -0.2) is 0 Å². The van der Waals surface area contributed by atoms with Gasteiger partial charge in [-0.05, 0) is 6.42 Å². The van der Waals surface area contributed by atoms with Crippen LogP contribution in [0.2, 0.25) is 0 Å². The van der Waals surface area contributed by atoms with Crippen LogP contribution in [0.5, 0.6) is 0 Å². The van der Waals surface area contributed by atoms with Crippen molar-refractivity contribution in [2.75, 3.05) is 12.4 Å². The summed E-state index contributed by atoms with van der Waals surface area (Å²) >= 11 is 0. The third kappa shape index (κ3) is 5.71. The summed E-state index contributed by atoms with van der Waals surface area (Å²) < 4.78 is 5.89. The van der Waals surface area contributed by atoms with Crippen LogP contribution in [0, 0.1) is 0 Å². The Hall–Kier alpha value is -1.60. The maximum atomic E-state index is 11.6. The molecule has 3 N–H and O–H groups in total. The number of ether oxygens (including phenoxy) is 1. The molecule has 8 heteroatoms. The first-order valence-corrected chi connectivity index (χ1v) is 5.73. The Kier molecular flexibility index (Phi) is 7.78. The highest BCUT2D eigenvalue weighted by molar-refractivity contribution is 5.93. The van der Waals surface area contributed by atoms with E-state index in [1.54, 1.807) is 12.3 Å². The third-order valence-electron chi connectivity index (χ3n) is 2.35. The van der Waals surface area contributed by atoms with Gasteiger partial charge in [-0.15, -0.1) is 12.4 Å². The highest BCUT2D eigenvalue weighted by Gasteiger charge is 2.13. The van der Waals surface area contributed by atoms with Crippen LogP contribution in [0.1, 0.15) is 19.8 Å². The summed E-state index contributed by atoms with van der Waals surface area (Å²) in [6, 6.07) is 1.06. The van der Waals surface area contributed by atoms with Crippen LogP contribution in [0.4, 0.5) is 5.82 Å². The molecular weight excluding hydrogens is 272 g/mol. The lowest BCUT2D eigenvalue weighted by Crippen LogP contribution is -2.35. The number of rotatable bonds is 6. The van der Waals surface area contributed by atoms with Crippen molar-refractivity contribution in [2.24, 2.45) is 5.73 Å². The van der Waals surface area contributed by atoms with E-state index in [1.165, 1.54) is 11.8 Å². The summed E-state index contributed by atoms with van der Waals surface area (Å²) in [4.78, 5) is 22.6. The molecule has 0 bridgehead atoms. The van der Waals surface area contributed by atoms with E-state index in [1.807, 2.05) is 6.92 Å². The van der Waals surface area contributed by atoms with Gasteiger partial charge < -0.3 is 15.8 Å². The fourth-order valence-electron chi connectivity index (χ4n) is 1.37.